The first-order chi connectivity index (χ1) is 8.54. The number of halogens is 1. The van der Waals surface area contributed by atoms with Crippen molar-refractivity contribution >= 4 is 27.7 Å². The number of ketones is 1. The van der Waals surface area contributed by atoms with Crippen LogP contribution in [0.5, 0.6) is 0 Å². The number of hydrogen-bond acceptors (Lipinski definition) is 3. The minimum atomic E-state index is -1.12. The Balaban J connectivity index is 2.98. The van der Waals surface area contributed by atoms with Crippen molar-refractivity contribution in [1.82, 2.24) is 0 Å². The fourth-order valence-electron chi connectivity index (χ4n) is 1.73. The largest absolute Gasteiger partial charge is 0.465 e. The molecule has 1 atom stereocenters. The second kappa shape index (κ2) is 6.69. The first kappa shape index (κ1) is 14.9. The zero-order valence-corrected chi connectivity index (χ0v) is 12.2. The quantitative estimate of drug-likeness (QED) is 0.461. The average Bonchev–Trinajstić information content (AvgIpc) is 2.39. The molecule has 0 bridgehead atoms. The van der Waals surface area contributed by atoms with Gasteiger partial charge in [0.15, 0.2) is 5.78 Å². The van der Waals surface area contributed by atoms with Gasteiger partial charge in [-0.25, -0.2) is 0 Å². The predicted octanol–water partition coefficient (Wildman–Crippen LogP) is 2.76. The van der Waals surface area contributed by atoms with Gasteiger partial charge in [0, 0.05) is 0 Å². The Morgan fingerprint density at radius 1 is 1.28 bits per heavy atom. The molecule has 0 saturated heterocycles. The van der Waals surface area contributed by atoms with Gasteiger partial charge < -0.3 is 4.74 Å². The summed E-state index contributed by atoms with van der Waals surface area (Å²) in [5.74, 6) is -0.622. The van der Waals surface area contributed by atoms with E-state index in [1.807, 2.05) is 30.3 Å². The fourth-order valence-corrected chi connectivity index (χ4v) is 2.35. The molecule has 0 aliphatic rings. The van der Waals surface area contributed by atoms with Crippen LogP contribution in [0.2, 0.25) is 0 Å². The van der Waals surface area contributed by atoms with Gasteiger partial charge in [-0.05, 0) is 25.8 Å². The molecule has 1 unspecified atom stereocenters. The summed E-state index contributed by atoms with van der Waals surface area (Å²) in [4.78, 5) is 24.0. The van der Waals surface area contributed by atoms with Crippen LogP contribution in [0, 0.1) is 5.41 Å². The number of ether oxygens (including phenoxy) is 1. The molecule has 0 radical (unpaired) electrons. The van der Waals surface area contributed by atoms with E-state index in [4.69, 9.17) is 4.74 Å². The van der Waals surface area contributed by atoms with Crippen molar-refractivity contribution < 1.29 is 14.3 Å². The maximum Gasteiger partial charge on any atom is 0.319 e. The molecule has 0 aliphatic heterocycles. The maximum absolute atomic E-state index is 12.0. The first-order valence-corrected chi connectivity index (χ1v) is 6.97. The second-order valence-electron chi connectivity index (χ2n) is 4.27. The molecule has 98 valence electrons. The van der Waals surface area contributed by atoms with Gasteiger partial charge in [-0.2, -0.15) is 0 Å². The highest BCUT2D eigenvalue weighted by Gasteiger charge is 2.41. The number of Topliss-reactive ketones (excluding diaryl/α,β-unsaturated/α-hetero) is 1. The number of esters is 1. The molecule has 18 heavy (non-hydrogen) atoms. The maximum atomic E-state index is 12.0. The molecule has 3 nitrogen and oxygen atoms in total. The van der Waals surface area contributed by atoms with E-state index in [1.54, 1.807) is 13.8 Å². The molecular formula is C14H17BrO3. The molecule has 1 aromatic rings. The highest BCUT2D eigenvalue weighted by molar-refractivity contribution is 9.09. The van der Waals surface area contributed by atoms with Crippen LogP contribution >= 0.6 is 15.9 Å². The zero-order valence-electron chi connectivity index (χ0n) is 10.6. The number of rotatable bonds is 6. The molecule has 0 saturated carbocycles. The van der Waals surface area contributed by atoms with Gasteiger partial charge in [-0.3, -0.25) is 9.59 Å². The topological polar surface area (TPSA) is 43.4 Å². The molecule has 0 heterocycles. The summed E-state index contributed by atoms with van der Waals surface area (Å²) in [6, 6.07) is 9.48. The summed E-state index contributed by atoms with van der Waals surface area (Å²) in [6.45, 7) is 3.65. The number of hydrogen-bond donors (Lipinski definition) is 0. The Labute approximate surface area is 116 Å². The lowest BCUT2D eigenvalue weighted by Crippen LogP contribution is -2.40. The smallest absolute Gasteiger partial charge is 0.319 e. The summed E-state index contributed by atoms with van der Waals surface area (Å²) in [5.41, 5.74) is -0.178. The minimum absolute atomic E-state index is 0.148. The summed E-state index contributed by atoms with van der Waals surface area (Å²) >= 11 is 3.13. The van der Waals surface area contributed by atoms with E-state index in [9.17, 15) is 9.59 Å². The molecular weight excluding hydrogens is 296 g/mol. The van der Waals surface area contributed by atoms with Gasteiger partial charge in [0.25, 0.3) is 0 Å². The van der Waals surface area contributed by atoms with Gasteiger partial charge in [0.2, 0.25) is 0 Å². The normalized spacial score (nSPS) is 13.7. The number of carbonyl (C=O) groups is 2. The zero-order chi connectivity index (χ0) is 13.6. The molecule has 0 aromatic heterocycles. The lowest BCUT2D eigenvalue weighted by molar-refractivity contribution is -0.158. The van der Waals surface area contributed by atoms with E-state index in [0.717, 1.165) is 5.56 Å². The monoisotopic (exact) mass is 312 g/mol. The molecule has 1 rings (SSSR count). The number of benzene rings is 1. The first-order valence-electron chi connectivity index (χ1n) is 5.85. The van der Waals surface area contributed by atoms with Crippen molar-refractivity contribution in [2.75, 3.05) is 11.9 Å². The van der Waals surface area contributed by atoms with Crippen molar-refractivity contribution in [1.29, 1.82) is 0 Å². The molecule has 0 aliphatic carbocycles. The highest BCUT2D eigenvalue weighted by Crippen LogP contribution is 2.26. The third-order valence-corrected chi connectivity index (χ3v) is 3.37. The summed E-state index contributed by atoms with van der Waals surface area (Å²) in [6.07, 6.45) is 0.358. The van der Waals surface area contributed by atoms with Gasteiger partial charge in [-0.1, -0.05) is 46.3 Å². The molecule has 1 aromatic carbocycles. The van der Waals surface area contributed by atoms with Crippen molar-refractivity contribution in [2.24, 2.45) is 5.41 Å². The fraction of sp³-hybridized carbons (Fsp3) is 0.429. The third kappa shape index (κ3) is 3.42. The van der Waals surface area contributed by atoms with Gasteiger partial charge in [-0.15, -0.1) is 0 Å². The molecule has 0 spiro atoms. The van der Waals surface area contributed by atoms with Crippen LogP contribution in [0.25, 0.3) is 0 Å². The summed E-state index contributed by atoms with van der Waals surface area (Å²) in [7, 11) is 0. The van der Waals surface area contributed by atoms with E-state index < -0.39 is 11.4 Å². The van der Waals surface area contributed by atoms with E-state index in [-0.39, 0.29) is 17.7 Å². The van der Waals surface area contributed by atoms with E-state index in [2.05, 4.69) is 15.9 Å². The van der Waals surface area contributed by atoms with Crippen LogP contribution in [-0.2, 0) is 20.7 Å². The molecule has 0 N–H and O–H groups in total. The van der Waals surface area contributed by atoms with Gasteiger partial charge in [0.1, 0.15) is 5.41 Å². The van der Waals surface area contributed by atoms with E-state index >= 15 is 0 Å². The van der Waals surface area contributed by atoms with Crippen LogP contribution in [-0.4, -0.2) is 23.7 Å². The van der Waals surface area contributed by atoms with E-state index in [1.165, 1.54) is 0 Å². The summed E-state index contributed by atoms with van der Waals surface area (Å²) in [5, 5.41) is 0.148. The molecule has 0 amide bonds. The SMILES string of the molecule is CCOC(=O)C(C)(Cc1ccccc1)C(=O)CBr. The van der Waals surface area contributed by atoms with Crippen molar-refractivity contribution in [2.45, 2.75) is 20.3 Å². The lowest BCUT2D eigenvalue weighted by Gasteiger charge is -2.25. The van der Waals surface area contributed by atoms with Crippen LogP contribution in [0.3, 0.4) is 0 Å². The van der Waals surface area contributed by atoms with Crippen LogP contribution in [0.1, 0.15) is 19.4 Å². The second-order valence-corrected chi connectivity index (χ2v) is 4.83. The predicted molar refractivity (Wildman–Crippen MR) is 73.7 cm³/mol. The Morgan fingerprint density at radius 3 is 2.39 bits per heavy atom. The Kier molecular flexibility index (Phi) is 5.54. The highest BCUT2D eigenvalue weighted by atomic mass is 79.9. The lowest BCUT2D eigenvalue weighted by atomic mass is 9.80. The van der Waals surface area contributed by atoms with Crippen molar-refractivity contribution in [3.05, 3.63) is 35.9 Å². The van der Waals surface area contributed by atoms with E-state index in [0.29, 0.717) is 6.42 Å². The van der Waals surface area contributed by atoms with Crippen molar-refractivity contribution in [3.63, 3.8) is 0 Å². The molecule has 0 fully saturated rings. The van der Waals surface area contributed by atoms with Crippen LogP contribution in [0.4, 0.5) is 0 Å². The van der Waals surface area contributed by atoms with Crippen LogP contribution < -0.4 is 0 Å². The Morgan fingerprint density at radius 2 is 1.89 bits per heavy atom. The average molecular weight is 313 g/mol. The van der Waals surface area contributed by atoms with Gasteiger partial charge >= 0.3 is 5.97 Å². The Hall–Kier alpha value is -1.16. The summed E-state index contributed by atoms with van der Waals surface area (Å²) < 4.78 is 5.02. The molecule has 4 heteroatoms. The van der Waals surface area contributed by atoms with Gasteiger partial charge in [0.05, 0.1) is 11.9 Å². The van der Waals surface area contributed by atoms with Crippen LogP contribution in [0.15, 0.2) is 30.3 Å². The Bertz CT molecular complexity index is 416. The number of alkyl halides is 1. The third-order valence-electron chi connectivity index (χ3n) is 2.86. The van der Waals surface area contributed by atoms with Crippen molar-refractivity contribution in [3.8, 4) is 0 Å². The number of carbonyl (C=O) groups excluding carboxylic acids is 2. The standard InChI is InChI=1S/C14H17BrO3/c1-3-18-13(17)14(2,12(16)10-15)9-11-7-5-4-6-8-11/h4-8H,3,9-10H2,1-2H3. The minimum Gasteiger partial charge on any atom is -0.465 e.